The second-order valence-corrected chi connectivity index (χ2v) is 9.62. The second-order valence-electron chi connectivity index (χ2n) is 8.05. The van der Waals surface area contributed by atoms with Crippen LogP contribution in [0.2, 0.25) is 0 Å². The Morgan fingerprint density at radius 2 is 1.35 bits per heavy atom. The topological polar surface area (TPSA) is 67.2 Å². The maximum Gasteiger partial charge on any atom is 0.298 e. The Bertz CT molecular complexity index is 886. The minimum atomic E-state index is -4.00. The first-order valence-electron chi connectivity index (χ1n) is 11.5. The summed E-state index contributed by atoms with van der Waals surface area (Å²) in [5.74, 6) is 0. The van der Waals surface area contributed by atoms with Gasteiger partial charge in [-0.1, -0.05) is 107 Å². The molecular weight excluding hydrogens is 406 g/mol. The molecule has 4 nitrogen and oxygen atoms in total. The predicted molar refractivity (Wildman–Crippen MR) is 125 cm³/mol. The van der Waals surface area contributed by atoms with Crippen LogP contribution in [0.25, 0.3) is 0 Å². The molecule has 0 radical (unpaired) electrons. The molecule has 0 fully saturated rings. The first-order valence-corrected chi connectivity index (χ1v) is 12.9. The minimum absolute atomic E-state index is 0.0792. The lowest BCUT2D eigenvalue weighted by atomic mass is 10.0. The maximum absolute atomic E-state index is 12.6. The highest BCUT2D eigenvalue weighted by atomic mass is 32.2. The van der Waals surface area contributed by atoms with E-state index in [0.717, 1.165) is 18.4 Å². The van der Waals surface area contributed by atoms with Gasteiger partial charge in [-0.3, -0.25) is 0 Å². The van der Waals surface area contributed by atoms with Gasteiger partial charge in [0, 0.05) is 0 Å². The molecular formula is C26H35NO3S. The molecule has 168 valence electrons. The van der Waals surface area contributed by atoms with Crippen molar-refractivity contribution < 1.29 is 12.6 Å². The number of nitrogens with zero attached hydrogens (tertiary/aromatic N) is 1. The van der Waals surface area contributed by atoms with Gasteiger partial charge in [0.25, 0.3) is 10.1 Å². The van der Waals surface area contributed by atoms with Gasteiger partial charge in [0.1, 0.15) is 6.07 Å². The van der Waals surface area contributed by atoms with Crippen LogP contribution in [0.1, 0.15) is 88.4 Å². The number of benzene rings is 2. The van der Waals surface area contributed by atoms with Crippen molar-refractivity contribution >= 4 is 10.1 Å². The highest BCUT2D eigenvalue weighted by Crippen LogP contribution is 2.24. The van der Waals surface area contributed by atoms with Gasteiger partial charge in [-0.15, -0.1) is 0 Å². The highest BCUT2D eigenvalue weighted by Gasteiger charge is 2.22. The lowest BCUT2D eigenvalue weighted by Crippen LogP contribution is -2.11. The Morgan fingerprint density at radius 1 is 0.806 bits per heavy atom. The van der Waals surface area contributed by atoms with E-state index in [-0.39, 0.29) is 4.90 Å². The third-order valence-electron chi connectivity index (χ3n) is 5.47. The third kappa shape index (κ3) is 9.25. The average molecular weight is 442 g/mol. The van der Waals surface area contributed by atoms with Crippen molar-refractivity contribution in [1.29, 1.82) is 5.26 Å². The number of hydrogen-bond acceptors (Lipinski definition) is 4. The van der Waals surface area contributed by atoms with Gasteiger partial charge in [-0.2, -0.15) is 13.7 Å². The SMILES string of the molecule is CCCCCCCCCCCCc1ccc(S(=O)(=O)OC(C#N)c2ccccc2)cc1. The molecule has 0 saturated carbocycles. The fraction of sp³-hybridized carbons (Fsp3) is 0.500. The molecule has 1 atom stereocenters. The van der Waals surface area contributed by atoms with Gasteiger partial charge >= 0.3 is 0 Å². The molecule has 0 amide bonds. The van der Waals surface area contributed by atoms with E-state index in [2.05, 4.69) is 6.92 Å². The highest BCUT2D eigenvalue weighted by molar-refractivity contribution is 7.86. The van der Waals surface area contributed by atoms with E-state index >= 15 is 0 Å². The third-order valence-corrected chi connectivity index (χ3v) is 6.77. The number of aryl methyl sites for hydroxylation is 1. The van der Waals surface area contributed by atoms with E-state index in [0.29, 0.717) is 5.56 Å². The molecule has 2 aromatic carbocycles. The van der Waals surface area contributed by atoms with Crippen molar-refractivity contribution in [1.82, 2.24) is 0 Å². The summed E-state index contributed by atoms with van der Waals surface area (Å²) in [5, 5.41) is 9.32. The smallest absolute Gasteiger partial charge is 0.243 e. The number of nitriles is 1. The van der Waals surface area contributed by atoms with Crippen LogP contribution < -0.4 is 0 Å². The molecule has 2 rings (SSSR count). The minimum Gasteiger partial charge on any atom is -0.243 e. The van der Waals surface area contributed by atoms with Crippen LogP contribution in [0.3, 0.4) is 0 Å². The number of unbranched alkanes of at least 4 members (excludes halogenated alkanes) is 9. The van der Waals surface area contributed by atoms with Gasteiger partial charge in [0.05, 0.1) is 4.90 Å². The van der Waals surface area contributed by atoms with Crippen molar-refractivity contribution in [3.05, 3.63) is 65.7 Å². The monoisotopic (exact) mass is 441 g/mol. The molecule has 0 spiro atoms. The first kappa shape index (κ1) is 25.1. The van der Waals surface area contributed by atoms with Crippen LogP contribution in [0.15, 0.2) is 59.5 Å². The van der Waals surface area contributed by atoms with Crippen molar-refractivity contribution in [3.63, 3.8) is 0 Å². The van der Waals surface area contributed by atoms with Crippen LogP contribution in [-0.4, -0.2) is 8.42 Å². The van der Waals surface area contributed by atoms with Gasteiger partial charge < -0.3 is 0 Å². The lowest BCUT2D eigenvalue weighted by Gasteiger charge is -2.11. The summed E-state index contributed by atoms with van der Waals surface area (Å²) in [6.07, 6.45) is 12.8. The first-order chi connectivity index (χ1) is 15.1. The fourth-order valence-electron chi connectivity index (χ4n) is 3.60. The zero-order valence-corrected chi connectivity index (χ0v) is 19.4. The molecule has 0 bridgehead atoms. The standard InChI is InChI=1S/C26H35NO3S/c1-2-3-4-5-6-7-8-9-10-12-15-23-18-20-25(21-19-23)31(28,29)30-26(22-27)24-16-13-11-14-17-24/h11,13-14,16-21,26H,2-10,12,15H2,1H3. The normalized spacial score (nSPS) is 12.4. The van der Waals surface area contributed by atoms with Crippen LogP contribution >= 0.6 is 0 Å². The summed E-state index contributed by atoms with van der Waals surface area (Å²) in [6, 6.07) is 17.4. The van der Waals surface area contributed by atoms with Crippen LogP contribution in [0, 0.1) is 11.3 Å². The number of rotatable bonds is 15. The molecule has 0 aliphatic carbocycles. The quantitative estimate of drug-likeness (QED) is 0.218. The van der Waals surface area contributed by atoms with Crippen LogP contribution in [-0.2, 0) is 20.7 Å². The lowest BCUT2D eigenvalue weighted by molar-refractivity contribution is 0.268. The van der Waals surface area contributed by atoms with Crippen molar-refractivity contribution in [2.45, 2.75) is 88.6 Å². The summed E-state index contributed by atoms with van der Waals surface area (Å²) in [6.45, 7) is 2.25. The average Bonchev–Trinajstić information content (AvgIpc) is 2.79. The van der Waals surface area contributed by atoms with E-state index in [1.807, 2.05) is 18.2 Å². The molecule has 1 unspecified atom stereocenters. The molecule has 31 heavy (non-hydrogen) atoms. The molecule has 2 aromatic rings. The molecule has 0 aromatic heterocycles. The predicted octanol–water partition coefficient (Wildman–Crippen LogP) is 7.12. The van der Waals surface area contributed by atoms with E-state index in [4.69, 9.17) is 4.18 Å². The molecule has 5 heteroatoms. The fourth-order valence-corrected chi connectivity index (χ4v) is 4.59. The van der Waals surface area contributed by atoms with Gasteiger partial charge in [-0.25, -0.2) is 4.18 Å². The Kier molecular flexibility index (Phi) is 11.3. The largest absolute Gasteiger partial charge is 0.298 e. The van der Waals surface area contributed by atoms with Gasteiger partial charge in [0.2, 0.25) is 0 Å². The second kappa shape index (κ2) is 14.0. The van der Waals surface area contributed by atoms with Gasteiger partial charge in [-0.05, 0) is 36.1 Å². The summed E-state index contributed by atoms with van der Waals surface area (Å²) >= 11 is 0. The van der Waals surface area contributed by atoms with E-state index in [9.17, 15) is 13.7 Å². The Labute approximate surface area is 188 Å². The molecule has 0 saturated heterocycles. The molecule has 0 aliphatic rings. The molecule has 0 aliphatic heterocycles. The molecule has 0 N–H and O–H groups in total. The Morgan fingerprint density at radius 3 is 1.90 bits per heavy atom. The summed E-state index contributed by atoms with van der Waals surface area (Å²) in [4.78, 5) is 0.0792. The van der Waals surface area contributed by atoms with E-state index in [1.165, 1.54) is 57.8 Å². The Balaban J connectivity index is 1.74. The zero-order chi connectivity index (χ0) is 22.4. The van der Waals surface area contributed by atoms with Crippen molar-refractivity contribution in [2.75, 3.05) is 0 Å². The summed E-state index contributed by atoms with van der Waals surface area (Å²) in [5.41, 5.74) is 1.64. The summed E-state index contributed by atoms with van der Waals surface area (Å²) in [7, 11) is -4.00. The maximum atomic E-state index is 12.6. The van der Waals surface area contributed by atoms with Crippen LogP contribution in [0.4, 0.5) is 0 Å². The van der Waals surface area contributed by atoms with Crippen molar-refractivity contribution in [2.24, 2.45) is 0 Å². The Hall–Kier alpha value is -2.16. The van der Waals surface area contributed by atoms with E-state index in [1.54, 1.807) is 42.5 Å². The van der Waals surface area contributed by atoms with Crippen LogP contribution in [0.5, 0.6) is 0 Å². The van der Waals surface area contributed by atoms with Crippen molar-refractivity contribution in [3.8, 4) is 6.07 Å². The van der Waals surface area contributed by atoms with Gasteiger partial charge in [0.15, 0.2) is 6.10 Å². The zero-order valence-electron chi connectivity index (χ0n) is 18.6. The summed E-state index contributed by atoms with van der Waals surface area (Å²) < 4.78 is 30.3. The molecule has 0 heterocycles. The van der Waals surface area contributed by atoms with E-state index < -0.39 is 16.2 Å². The number of hydrogen-bond donors (Lipinski definition) is 0.